The molecule has 0 spiro atoms. The van der Waals surface area contributed by atoms with Crippen molar-refractivity contribution in [3.63, 3.8) is 0 Å². The van der Waals surface area contributed by atoms with E-state index < -0.39 is 0 Å². The molecule has 1 heterocycles. The van der Waals surface area contributed by atoms with Gasteiger partial charge >= 0.3 is 0 Å². The molecule has 0 unspecified atom stereocenters. The first-order valence-electron chi connectivity index (χ1n) is 2.73. The predicted molar refractivity (Wildman–Crippen MR) is 32.5 cm³/mol. The van der Waals surface area contributed by atoms with Crippen LogP contribution >= 0.6 is 0 Å². The van der Waals surface area contributed by atoms with Crippen LogP contribution in [0.2, 0.25) is 0 Å². The van der Waals surface area contributed by atoms with Crippen molar-refractivity contribution in [2.24, 2.45) is 0 Å². The highest BCUT2D eigenvalue weighted by molar-refractivity contribution is 5.08. The van der Waals surface area contributed by atoms with Crippen molar-refractivity contribution in [1.82, 2.24) is 0 Å². The largest absolute Gasteiger partial charge is 0.466 e. The van der Waals surface area contributed by atoms with Gasteiger partial charge in [0.15, 0.2) is 0 Å². The number of rotatable bonds is 1. The summed E-state index contributed by atoms with van der Waals surface area (Å²) in [6.45, 7) is 5.68. The van der Waals surface area contributed by atoms with Gasteiger partial charge in [-0.2, -0.15) is 0 Å². The van der Waals surface area contributed by atoms with Gasteiger partial charge in [-0.25, -0.2) is 0 Å². The Morgan fingerprint density at radius 1 is 1.62 bits per heavy atom. The number of furan rings is 1. The monoisotopic (exact) mass is 109 g/mol. The SMILES string of the molecule is [CH2]c1ccc(CC)o1. The topological polar surface area (TPSA) is 13.1 Å². The van der Waals surface area contributed by atoms with E-state index in [1.165, 1.54) is 0 Å². The molecule has 0 aliphatic rings. The van der Waals surface area contributed by atoms with E-state index in [1.807, 2.05) is 12.1 Å². The second-order valence-corrected chi connectivity index (χ2v) is 1.72. The van der Waals surface area contributed by atoms with Gasteiger partial charge < -0.3 is 4.42 Å². The average molecular weight is 109 g/mol. The van der Waals surface area contributed by atoms with E-state index >= 15 is 0 Å². The first kappa shape index (κ1) is 5.42. The van der Waals surface area contributed by atoms with Crippen molar-refractivity contribution in [2.75, 3.05) is 0 Å². The maximum Gasteiger partial charge on any atom is 0.104 e. The van der Waals surface area contributed by atoms with Gasteiger partial charge in [0.25, 0.3) is 0 Å². The van der Waals surface area contributed by atoms with Crippen LogP contribution in [0.4, 0.5) is 0 Å². The molecular formula is C7H9O. The normalized spacial score (nSPS) is 9.75. The summed E-state index contributed by atoms with van der Waals surface area (Å²) in [6, 6.07) is 3.82. The van der Waals surface area contributed by atoms with E-state index in [0.717, 1.165) is 17.9 Å². The molecule has 0 bridgehead atoms. The minimum absolute atomic E-state index is 0.752. The van der Waals surface area contributed by atoms with Crippen LogP contribution in [0.15, 0.2) is 16.5 Å². The summed E-state index contributed by atoms with van der Waals surface area (Å²) in [6.07, 6.45) is 0.954. The average Bonchev–Trinajstić information content (AvgIpc) is 2.14. The Morgan fingerprint density at radius 2 is 2.38 bits per heavy atom. The molecule has 1 radical (unpaired) electrons. The van der Waals surface area contributed by atoms with E-state index in [2.05, 4.69) is 13.8 Å². The first-order chi connectivity index (χ1) is 3.83. The fourth-order valence-electron chi connectivity index (χ4n) is 0.612. The zero-order valence-corrected chi connectivity index (χ0v) is 4.98. The second-order valence-electron chi connectivity index (χ2n) is 1.72. The maximum atomic E-state index is 5.12. The Kier molecular flexibility index (Phi) is 1.38. The molecule has 0 amide bonds. The van der Waals surface area contributed by atoms with Crippen molar-refractivity contribution in [3.05, 3.63) is 30.6 Å². The molecule has 1 aromatic rings. The van der Waals surface area contributed by atoms with Crippen LogP contribution in [-0.4, -0.2) is 0 Å². The van der Waals surface area contributed by atoms with Gasteiger partial charge in [-0.15, -0.1) is 0 Å². The third kappa shape index (κ3) is 0.915. The van der Waals surface area contributed by atoms with Crippen molar-refractivity contribution in [3.8, 4) is 0 Å². The molecule has 8 heavy (non-hydrogen) atoms. The van der Waals surface area contributed by atoms with E-state index in [-0.39, 0.29) is 0 Å². The van der Waals surface area contributed by atoms with Crippen LogP contribution in [0.3, 0.4) is 0 Å². The second kappa shape index (κ2) is 2.03. The molecule has 0 saturated carbocycles. The zero-order chi connectivity index (χ0) is 5.98. The van der Waals surface area contributed by atoms with Crippen LogP contribution < -0.4 is 0 Å². The summed E-state index contributed by atoms with van der Waals surface area (Å²) in [7, 11) is 0. The van der Waals surface area contributed by atoms with Gasteiger partial charge in [0.1, 0.15) is 11.5 Å². The number of hydrogen-bond donors (Lipinski definition) is 0. The highest BCUT2D eigenvalue weighted by Crippen LogP contribution is 2.05. The Morgan fingerprint density at radius 3 is 2.62 bits per heavy atom. The lowest BCUT2D eigenvalue weighted by molar-refractivity contribution is 0.501. The van der Waals surface area contributed by atoms with Gasteiger partial charge in [0.2, 0.25) is 0 Å². The van der Waals surface area contributed by atoms with E-state index in [0.29, 0.717) is 0 Å². The first-order valence-corrected chi connectivity index (χ1v) is 2.73. The van der Waals surface area contributed by atoms with Crippen molar-refractivity contribution >= 4 is 0 Å². The van der Waals surface area contributed by atoms with Gasteiger partial charge in [0, 0.05) is 13.3 Å². The lowest BCUT2D eigenvalue weighted by Gasteiger charge is -1.82. The minimum atomic E-state index is 0.752. The standard InChI is InChI=1S/C7H9O/c1-3-7-5-4-6(2)8-7/h4-5H,2-3H2,1H3. The molecule has 1 rings (SSSR count). The maximum absolute atomic E-state index is 5.12. The van der Waals surface area contributed by atoms with Crippen molar-refractivity contribution < 1.29 is 4.42 Å². The lowest BCUT2D eigenvalue weighted by atomic mass is 10.4. The molecule has 0 aliphatic heterocycles. The summed E-state index contributed by atoms with van der Waals surface area (Å²) in [4.78, 5) is 0. The summed E-state index contributed by atoms with van der Waals surface area (Å²) in [5.74, 6) is 1.76. The molecule has 43 valence electrons. The fourth-order valence-corrected chi connectivity index (χ4v) is 0.612. The molecule has 0 saturated heterocycles. The summed E-state index contributed by atoms with van der Waals surface area (Å²) >= 11 is 0. The van der Waals surface area contributed by atoms with E-state index in [9.17, 15) is 0 Å². The highest BCUT2D eigenvalue weighted by Gasteiger charge is 1.91. The van der Waals surface area contributed by atoms with Gasteiger partial charge in [0.05, 0.1) is 0 Å². The summed E-state index contributed by atoms with van der Waals surface area (Å²) in [5, 5.41) is 0. The lowest BCUT2D eigenvalue weighted by Crippen LogP contribution is -1.67. The van der Waals surface area contributed by atoms with Crippen LogP contribution in [0.25, 0.3) is 0 Å². The van der Waals surface area contributed by atoms with Crippen LogP contribution in [0.1, 0.15) is 18.4 Å². The summed E-state index contributed by atoms with van der Waals surface area (Å²) in [5.41, 5.74) is 0. The van der Waals surface area contributed by atoms with Gasteiger partial charge in [-0.05, 0) is 12.1 Å². The predicted octanol–water partition coefficient (Wildman–Crippen LogP) is 2.02. The van der Waals surface area contributed by atoms with E-state index in [1.54, 1.807) is 0 Å². The molecule has 1 heteroatoms. The van der Waals surface area contributed by atoms with Crippen molar-refractivity contribution in [1.29, 1.82) is 0 Å². The summed E-state index contributed by atoms with van der Waals surface area (Å²) < 4.78 is 5.12. The molecule has 1 aromatic heterocycles. The molecule has 0 N–H and O–H groups in total. The quantitative estimate of drug-likeness (QED) is 0.537. The highest BCUT2D eigenvalue weighted by atomic mass is 16.3. The Hall–Kier alpha value is -0.720. The van der Waals surface area contributed by atoms with Crippen LogP contribution in [0, 0.1) is 6.92 Å². The van der Waals surface area contributed by atoms with Crippen LogP contribution in [-0.2, 0) is 6.42 Å². The molecule has 1 nitrogen and oxygen atoms in total. The van der Waals surface area contributed by atoms with Gasteiger partial charge in [-0.3, -0.25) is 0 Å². The molecular weight excluding hydrogens is 100 g/mol. The van der Waals surface area contributed by atoms with Crippen LogP contribution in [0.5, 0.6) is 0 Å². The third-order valence-corrected chi connectivity index (χ3v) is 1.07. The van der Waals surface area contributed by atoms with Gasteiger partial charge in [-0.1, -0.05) is 6.92 Å². The zero-order valence-electron chi connectivity index (χ0n) is 4.98. The Bertz CT molecular complexity index is 165. The Balaban J connectivity index is 2.84. The minimum Gasteiger partial charge on any atom is -0.466 e. The fraction of sp³-hybridized carbons (Fsp3) is 0.286. The van der Waals surface area contributed by atoms with Crippen molar-refractivity contribution in [2.45, 2.75) is 13.3 Å². The third-order valence-electron chi connectivity index (χ3n) is 1.07. The molecule has 0 atom stereocenters. The molecule has 0 fully saturated rings. The number of aryl methyl sites for hydroxylation is 1. The molecule has 0 aromatic carbocycles. The smallest absolute Gasteiger partial charge is 0.104 e. The van der Waals surface area contributed by atoms with E-state index in [4.69, 9.17) is 4.42 Å². The number of hydrogen-bond acceptors (Lipinski definition) is 1. The Labute approximate surface area is 49.3 Å². The molecule has 0 aliphatic carbocycles.